The van der Waals surface area contributed by atoms with Gasteiger partial charge in [-0.15, -0.1) is 0 Å². The molecule has 0 radical (unpaired) electrons. The van der Waals surface area contributed by atoms with Crippen molar-refractivity contribution in [2.24, 2.45) is 0 Å². The van der Waals surface area contributed by atoms with Gasteiger partial charge in [-0.3, -0.25) is 4.79 Å². The van der Waals surface area contributed by atoms with Gasteiger partial charge in [0.1, 0.15) is 5.75 Å². The molecule has 0 bridgehead atoms. The van der Waals surface area contributed by atoms with Crippen LogP contribution < -0.4 is 10.1 Å². The Morgan fingerprint density at radius 2 is 2.27 bits per heavy atom. The number of benzene rings is 1. The fourth-order valence-corrected chi connectivity index (χ4v) is 1.95. The monoisotopic (exact) mass is 205 g/mol. The van der Waals surface area contributed by atoms with Crippen LogP contribution in [0, 0.1) is 0 Å². The van der Waals surface area contributed by atoms with Gasteiger partial charge < -0.3 is 10.1 Å². The minimum Gasteiger partial charge on any atom is -0.497 e. The third-order valence-electron chi connectivity index (χ3n) is 2.91. The first-order chi connectivity index (χ1) is 7.22. The summed E-state index contributed by atoms with van der Waals surface area (Å²) in [5.41, 5.74) is 2.33. The van der Waals surface area contributed by atoms with Crippen molar-refractivity contribution in [3.8, 4) is 5.75 Å². The number of nitrogens with one attached hydrogen (secondary N) is 1. The van der Waals surface area contributed by atoms with Crippen LogP contribution in [0.15, 0.2) is 18.2 Å². The molecule has 15 heavy (non-hydrogen) atoms. The zero-order valence-electron chi connectivity index (χ0n) is 9.04. The van der Waals surface area contributed by atoms with Crippen LogP contribution in [0.4, 0.5) is 0 Å². The smallest absolute Gasteiger partial charge is 0.227 e. The Bertz CT molecular complexity index is 387. The van der Waals surface area contributed by atoms with Crippen molar-refractivity contribution < 1.29 is 9.53 Å². The standard InChI is InChI=1S/C12H15NO2/c1-8-11-7-10(15-2)4-3-9(11)5-6-13-12(8)14/h3-4,7-8H,5-6H2,1-2H3,(H,13,14). The van der Waals surface area contributed by atoms with Crippen molar-refractivity contribution in [2.75, 3.05) is 13.7 Å². The molecule has 0 saturated carbocycles. The predicted octanol–water partition coefficient (Wildman–Crippen LogP) is 1.47. The van der Waals surface area contributed by atoms with Crippen molar-refractivity contribution >= 4 is 5.91 Å². The van der Waals surface area contributed by atoms with E-state index < -0.39 is 0 Å². The Morgan fingerprint density at radius 1 is 1.47 bits per heavy atom. The summed E-state index contributed by atoms with van der Waals surface area (Å²) < 4.78 is 5.17. The number of methoxy groups -OCH3 is 1. The van der Waals surface area contributed by atoms with E-state index in [0.29, 0.717) is 0 Å². The van der Waals surface area contributed by atoms with Gasteiger partial charge in [-0.2, -0.15) is 0 Å². The Kier molecular flexibility index (Phi) is 2.62. The molecule has 3 heteroatoms. The Labute approximate surface area is 89.4 Å². The number of ether oxygens (including phenoxy) is 1. The molecule has 1 aliphatic heterocycles. The maximum absolute atomic E-state index is 11.6. The van der Waals surface area contributed by atoms with Gasteiger partial charge in [-0.05, 0) is 36.6 Å². The Balaban J connectivity index is 2.45. The van der Waals surface area contributed by atoms with Crippen LogP contribution in [-0.4, -0.2) is 19.6 Å². The average molecular weight is 205 g/mol. The van der Waals surface area contributed by atoms with Gasteiger partial charge in [-0.25, -0.2) is 0 Å². The summed E-state index contributed by atoms with van der Waals surface area (Å²) in [6.45, 7) is 2.65. The van der Waals surface area contributed by atoms with Gasteiger partial charge in [0.25, 0.3) is 0 Å². The zero-order valence-corrected chi connectivity index (χ0v) is 9.04. The fraction of sp³-hybridized carbons (Fsp3) is 0.417. The second-order valence-electron chi connectivity index (χ2n) is 3.83. The number of rotatable bonds is 1. The molecule has 1 aliphatic rings. The van der Waals surface area contributed by atoms with E-state index in [2.05, 4.69) is 5.32 Å². The van der Waals surface area contributed by atoms with Crippen molar-refractivity contribution in [3.63, 3.8) is 0 Å². The van der Waals surface area contributed by atoms with Crippen LogP contribution in [0.25, 0.3) is 0 Å². The van der Waals surface area contributed by atoms with Crippen molar-refractivity contribution in [1.82, 2.24) is 5.32 Å². The van der Waals surface area contributed by atoms with E-state index in [4.69, 9.17) is 4.74 Å². The predicted molar refractivity (Wildman–Crippen MR) is 58.1 cm³/mol. The minimum absolute atomic E-state index is 0.0856. The van der Waals surface area contributed by atoms with E-state index in [0.717, 1.165) is 24.3 Å². The van der Waals surface area contributed by atoms with Crippen LogP contribution in [0.2, 0.25) is 0 Å². The Hall–Kier alpha value is -1.51. The van der Waals surface area contributed by atoms with Gasteiger partial charge in [0, 0.05) is 6.54 Å². The number of carbonyl (C=O) groups excluding carboxylic acids is 1. The lowest BCUT2D eigenvalue weighted by Crippen LogP contribution is -2.26. The van der Waals surface area contributed by atoms with Crippen LogP contribution in [0.3, 0.4) is 0 Å². The van der Waals surface area contributed by atoms with Crippen LogP contribution in [0.1, 0.15) is 24.0 Å². The highest BCUT2D eigenvalue weighted by atomic mass is 16.5. The molecular formula is C12H15NO2. The lowest BCUT2D eigenvalue weighted by molar-refractivity contribution is -0.121. The molecule has 1 N–H and O–H groups in total. The first kappa shape index (κ1) is 10.0. The second-order valence-corrected chi connectivity index (χ2v) is 3.83. The molecule has 1 aromatic carbocycles. The molecule has 0 aromatic heterocycles. The lowest BCUT2D eigenvalue weighted by atomic mass is 9.95. The fourth-order valence-electron chi connectivity index (χ4n) is 1.95. The molecular weight excluding hydrogens is 190 g/mol. The normalized spacial score (nSPS) is 20.1. The third kappa shape index (κ3) is 1.82. The molecule has 0 fully saturated rings. The van der Waals surface area contributed by atoms with Gasteiger partial charge in [-0.1, -0.05) is 6.07 Å². The summed E-state index contributed by atoms with van der Waals surface area (Å²) in [6, 6.07) is 5.96. The molecule has 1 unspecified atom stereocenters. The van der Waals surface area contributed by atoms with Crippen molar-refractivity contribution in [1.29, 1.82) is 0 Å². The van der Waals surface area contributed by atoms with Crippen molar-refractivity contribution in [3.05, 3.63) is 29.3 Å². The first-order valence-electron chi connectivity index (χ1n) is 5.17. The quantitative estimate of drug-likeness (QED) is 0.754. The molecule has 1 heterocycles. The molecule has 1 amide bonds. The topological polar surface area (TPSA) is 38.3 Å². The van der Waals surface area contributed by atoms with Crippen LogP contribution in [0.5, 0.6) is 5.75 Å². The average Bonchev–Trinajstić information content (AvgIpc) is 2.40. The molecule has 80 valence electrons. The van der Waals surface area contributed by atoms with E-state index in [1.54, 1.807) is 7.11 Å². The SMILES string of the molecule is COc1ccc2c(c1)C(C)C(=O)NCC2. The summed E-state index contributed by atoms with van der Waals surface area (Å²) in [7, 11) is 1.64. The zero-order chi connectivity index (χ0) is 10.8. The highest BCUT2D eigenvalue weighted by Crippen LogP contribution is 2.27. The van der Waals surface area contributed by atoms with Crippen molar-refractivity contribution in [2.45, 2.75) is 19.3 Å². The highest BCUT2D eigenvalue weighted by Gasteiger charge is 2.21. The molecule has 0 aliphatic carbocycles. The van der Waals surface area contributed by atoms with E-state index in [-0.39, 0.29) is 11.8 Å². The van der Waals surface area contributed by atoms with E-state index >= 15 is 0 Å². The number of hydrogen-bond donors (Lipinski definition) is 1. The van der Waals surface area contributed by atoms with Crippen LogP contribution >= 0.6 is 0 Å². The number of amides is 1. The summed E-state index contributed by atoms with van der Waals surface area (Å²) in [5, 5.41) is 2.90. The molecule has 0 spiro atoms. The third-order valence-corrected chi connectivity index (χ3v) is 2.91. The lowest BCUT2D eigenvalue weighted by Gasteiger charge is -2.12. The summed E-state index contributed by atoms with van der Waals surface area (Å²) >= 11 is 0. The molecule has 1 atom stereocenters. The summed E-state index contributed by atoms with van der Waals surface area (Å²) in [4.78, 5) is 11.6. The number of hydrogen-bond acceptors (Lipinski definition) is 2. The molecule has 2 rings (SSSR count). The Morgan fingerprint density at radius 3 is 3.00 bits per heavy atom. The van der Waals surface area contributed by atoms with Gasteiger partial charge in [0.15, 0.2) is 0 Å². The number of fused-ring (bicyclic) bond motifs is 1. The van der Waals surface area contributed by atoms with E-state index in [1.165, 1.54) is 5.56 Å². The summed E-state index contributed by atoms with van der Waals surface area (Å²) in [6.07, 6.45) is 0.898. The summed E-state index contributed by atoms with van der Waals surface area (Å²) in [5.74, 6) is 0.829. The number of carbonyl (C=O) groups is 1. The van der Waals surface area contributed by atoms with Crippen LogP contribution in [-0.2, 0) is 11.2 Å². The minimum atomic E-state index is -0.0856. The molecule has 1 aromatic rings. The van der Waals surface area contributed by atoms with Gasteiger partial charge in [0.05, 0.1) is 13.0 Å². The largest absolute Gasteiger partial charge is 0.497 e. The van der Waals surface area contributed by atoms with Gasteiger partial charge >= 0.3 is 0 Å². The highest BCUT2D eigenvalue weighted by molar-refractivity contribution is 5.84. The first-order valence-corrected chi connectivity index (χ1v) is 5.17. The molecule has 3 nitrogen and oxygen atoms in total. The maximum Gasteiger partial charge on any atom is 0.227 e. The van der Waals surface area contributed by atoms with Gasteiger partial charge in [0.2, 0.25) is 5.91 Å². The van der Waals surface area contributed by atoms with E-state index in [1.807, 2.05) is 25.1 Å². The second kappa shape index (κ2) is 3.93. The maximum atomic E-state index is 11.6. The molecule has 0 saturated heterocycles. The van der Waals surface area contributed by atoms with E-state index in [9.17, 15) is 4.79 Å².